The average Bonchev–Trinajstić information content (AvgIpc) is 3.25. The van der Waals surface area contributed by atoms with Gasteiger partial charge in [0.25, 0.3) is 0 Å². The Labute approximate surface area is 349 Å². The maximum absolute atomic E-state index is 14.4. The molecule has 3 aliphatic heterocycles. The lowest BCUT2D eigenvalue weighted by Gasteiger charge is -2.46. The van der Waals surface area contributed by atoms with Gasteiger partial charge in [-0.1, -0.05) is 18.2 Å². The Kier molecular flexibility index (Phi) is 13.2. The van der Waals surface area contributed by atoms with Crippen LogP contribution in [-0.2, 0) is 23.7 Å². The van der Waals surface area contributed by atoms with E-state index in [0.29, 0.717) is 0 Å². The van der Waals surface area contributed by atoms with Gasteiger partial charge < -0.3 is 98.9 Å². The zero-order valence-corrected chi connectivity index (χ0v) is 32.3. The molecule has 4 aromatic rings. The predicted octanol–water partition coefficient (Wildman–Crippen LogP) is -2.35. The number of aromatic hydroxyl groups is 3. The van der Waals surface area contributed by atoms with E-state index in [-0.39, 0.29) is 16.9 Å². The van der Waals surface area contributed by atoms with Crippen molar-refractivity contribution in [3.05, 3.63) is 76.5 Å². The molecule has 0 radical (unpaired) electrons. The number of hydrogen-bond donors (Lipinski definition) is 12. The van der Waals surface area contributed by atoms with Crippen molar-refractivity contribution in [2.45, 2.75) is 99.0 Å². The van der Waals surface area contributed by atoms with E-state index in [1.54, 1.807) is 6.07 Å². The van der Waals surface area contributed by atoms with Crippen LogP contribution >= 0.6 is 0 Å². The van der Waals surface area contributed by atoms with Gasteiger partial charge in [-0.2, -0.15) is 0 Å². The Bertz CT molecular complexity index is 2270. The van der Waals surface area contributed by atoms with E-state index < -0.39 is 156 Å². The summed E-state index contributed by atoms with van der Waals surface area (Å²) in [7, 11) is 0. The number of aliphatic hydroxyl groups excluding tert-OH is 9. The van der Waals surface area contributed by atoms with Crippen LogP contribution in [0.2, 0.25) is 0 Å². The summed E-state index contributed by atoms with van der Waals surface area (Å²) in [5.74, 6) is -4.72. The molecule has 3 aromatic carbocycles. The average molecular weight is 877 g/mol. The summed E-state index contributed by atoms with van der Waals surface area (Å²) < 4.78 is 45.8. The SMILES string of the molecule is C[C@H]1O[C@@H](Oc2cc(O)c3c(=O)c(O[C@H]4O[C@@H](CO)[C@H](O)[C@@H](O)[C@@H]4O[C@H]4O[C@@H](CO)[C@H](O)[C@@H](OC(=O)c5ccccc5)[C@@H]4O)c(-c4ccc(O)c(O)c4)oc3c2)[C@@H](O)[C@@H](O)[C@@H]1O. The molecule has 3 aliphatic rings. The lowest BCUT2D eigenvalue weighted by Crippen LogP contribution is -2.65. The second kappa shape index (κ2) is 18.3. The number of aliphatic hydroxyl groups is 9. The quantitative estimate of drug-likeness (QED) is 0.0554. The van der Waals surface area contributed by atoms with E-state index >= 15 is 0 Å². The zero-order chi connectivity index (χ0) is 44.7. The molecule has 0 spiro atoms. The molecule has 336 valence electrons. The van der Waals surface area contributed by atoms with Crippen molar-refractivity contribution in [1.29, 1.82) is 0 Å². The number of carbonyl (C=O) groups excluding carboxylic acids is 1. The van der Waals surface area contributed by atoms with Crippen LogP contribution in [0.4, 0.5) is 0 Å². The minimum atomic E-state index is -2.09. The Morgan fingerprint density at radius 1 is 0.645 bits per heavy atom. The van der Waals surface area contributed by atoms with Crippen LogP contribution in [0.1, 0.15) is 17.3 Å². The molecular formula is C40H44O22. The van der Waals surface area contributed by atoms with Gasteiger partial charge >= 0.3 is 5.97 Å². The predicted molar refractivity (Wildman–Crippen MR) is 203 cm³/mol. The molecule has 1 aromatic heterocycles. The van der Waals surface area contributed by atoms with Crippen LogP contribution in [0.15, 0.2) is 69.9 Å². The number of hydrogen-bond acceptors (Lipinski definition) is 22. The van der Waals surface area contributed by atoms with Gasteiger partial charge in [0.05, 0.1) is 24.9 Å². The second-order valence-corrected chi connectivity index (χ2v) is 14.8. The van der Waals surface area contributed by atoms with Crippen molar-refractivity contribution < 1.29 is 104 Å². The minimum absolute atomic E-state index is 0.0353. The molecule has 3 fully saturated rings. The van der Waals surface area contributed by atoms with Crippen LogP contribution in [0.5, 0.6) is 28.7 Å². The summed E-state index contributed by atoms with van der Waals surface area (Å²) in [6.07, 6.45) is -26.5. The number of rotatable bonds is 11. The fraction of sp³-hybridized carbons (Fsp3) is 0.450. The van der Waals surface area contributed by atoms with Crippen LogP contribution in [0.25, 0.3) is 22.3 Å². The Balaban J connectivity index is 1.26. The first-order valence-electron chi connectivity index (χ1n) is 19.1. The molecule has 3 saturated heterocycles. The van der Waals surface area contributed by atoms with Crippen LogP contribution in [0, 0.1) is 0 Å². The normalized spacial score (nSPS) is 33.8. The standard InChI is InChI=1S/C40H44O22/c1-14-25(46)29(50)31(52)38(55-14)56-17-10-20(45)24-21(11-17)57-33(16-7-8-18(43)19(44)9-16)35(28(24)49)61-40-36(30(51)26(47)22(12-41)59-40)62-39-32(53)34(27(48)23(13-42)58-39)60-37(54)15-5-3-2-4-6-15/h2-11,14,22-23,25-27,29-32,34,36,38-48,50-53H,12-13H2,1H3/t14-,22+,23+,25-,26+,27+,29+,30-,31+,32+,34-,36+,38+,39-,40-/m1/s1. The van der Waals surface area contributed by atoms with Crippen LogP contribution in [0.3, 0.4) is 0 Å². The zero-order valence-electron chi connectivity index (χ0n) is 32.3. The highest BCUT2D eigenvalue weighted by atomic mass is 16.8. The molecule has 0 bridgehead atoms. The highest BCUT2D eigenvalue weighted by Gasteiger charge is 2.53. The highest BCUT2D eigenvalue weighted by molar-refractivity contribution is 5.90. The fourth-order valence-electron chi connectivity index (χ4n) is 7.17. The molecule has 15 atom stereocenters. The van der Waals surface area contributed by atoms with Crippen molar-refractivity contribution in [3.8, 4) is 40.1 Å². The number of phenols is 3. The van der Waals surface area contributed by atoms with E-state index in [0.717, 1.165) is 24.3 Å². The topological polar surface area (TPSA) is 355 Å². The minimum Gasteiger partial charge on any atom is -0.507 e. The fourth-order valence-corrected chi connectivity index (χ4v) is 7.17. The van der Waals surface area contributed by atoms with E-state index in [2.05, 4.69) is 0 Å². The maximum Gasteiger partial charge on any atom is 0.338 e. The van der Waals surface area contributed by atoms with Gasteiger partial charge in [-0.05, 0) is 37.3 Å². The summed E-state index contributed by atoms with van der Waals surface area (Å²) in [6, 6.07) is 12.7. The summed E-state index contributed by atoms with van der Waals surface area (Å²) >= 11 is 0. The van der Waals surface area contributed by atoms with Crippen LogP contribution < -0.4 is 14.9 Å². The summed E-state index contributed by atoms with van der Waals surface area (Å²) in [5, 5.41) is 127. The third kappa shape index (κ3) is 8.61. The monoisotopic (exact) mass is 876 g/mol. The molecule has 62 heavy (non-hydrogen) atoms. The summed E-state index contributed by atoms with van der Waals surface area (Å²) in [5.41, 5.74) is -1.69. The second-order valence-electron chi connectivity index (χ2n) is 14.8. The molecule has 22 heteroatoms. The number of carbonyl (C=O) groups is 1. The van der Waals surface area contributed by atoms with Gasteiger partial charge in [-0.3, -0.25) is 4.79 Å². The summed E-state index contributed by atoms with van der Waals surface area (Å²) in [4.78, 5) is 27.4. The van der Waals surface area contributed by atoms with Crippen molar-refractivity contribution in [2.24, 2.45) is 0 Å². The Morgan fingerprint density at radius 3 is 2.00 bits per heavy atom. The third-order valence-corrected chi connectivity index (χ3v) is 10.6. The third-order valence-electron chi connectivity index (χ3n) is 10.6. The first-order valence-corrected chi connectivity index (χ1v) is 19.1. The molecule has 0 aliphatic carbocycles. The molecule has 22 nitrogen and oxygen atoms in total. The van der Waals surface area contributed by atoms with E-state index in [4.69, 9.17) is 37.6 Å². The molecule has 4 heterocycles. The Hall–Kier alpha value is -5.18. The van der Waals surface area contributed by atoms with Crippen molar-refractivity contribution in [3.63, 3.8) is 0 Å². The summed E-state index contributed by atoms with van der Waals surface area (Å²) in [6.45, 7) is -0.433. The van der Waals surface area contributed by atoms with Crippen molar-refractivity contribution >= 4 is 16.9 Å². The first-order chi connectivity index (χ1) is 29.5. The first kappa shape index (κ1) is 44.9. The van der Waals surface area contributed by atoms with Crippen molar-refractivity contribution in [2.75, 3.05) is 13.2 Å². The van der Waals surface area contributed by atoms with Gasteiger partial charge in [-0.25, -0.2) is 4.79 Å². The largest absolute Gasteiger partial charge is 0.507 e. The van der Waals surface area contributed by atoms with Gasteiger partial charge in [0.15, 0.2) is 35.8 Å². The Morgan fingerprint density at radius 2 is 1.32 bits per heavy atom. The van der Waals surface area contributed by atoms with E-state index in [9.17, 15) is 70.9 Å². The number of ether oxygens (including phenoxy) is 7. The number of esters is 1. The molecule has 0 unspecified atom stereocenters. The van der Waals surface area contributed by atoms with Crippen molar-refractivity contribution in [1.82, 2.24) is 0 Å². The smallest absolute Gasteiger partial charge is 0.338 e. The van der Waals surface area contributed by atoms with E-state index in [1.807, 2.05) is 0 Å². The number of fused-ring (bicyclic) bond motifs is 1. The molecular weight excluding hydrogens is 832 g/mol. The van der Waals surface area contributed by atoms with Crippen LogP contribution in [-0.4, -0.2) is 173 Å². The van der Waals surface area contributed by atoms with Gasteiger partial charge in [0, 0.05) is 17.7 Å². The lowest BCUT2D eigenvalue weighted by atomic mass is 9.97. The highest BCUT2D eigenvalue weighted by Crippen LogP contribution is 2.41. The molecule has 0 saturated carbocycles. The molecule has 7 rings (SSSR count). The number of phenolic OH excluding ortho intramolecular Hbond substituents is 3. The van der Waals surface area contributed by atoms with E-state index in [1.165, 1.54) is 37.3 Å². The molecule has 12 N–H and O–H groups in total. The number of benzene rings is 3. The maximum atomic E-state index is 14.4. The van der Waals surface area contributed by atoms with Gasteiger partial charge in [0.2, 0.25) is 23.8 Å². The van der Waals surface area contributed by atoms with Gasteiger partial charge in [0.1, 0.15) is 77.4 Å². The lowest BCUT2D eigenvalue weighted by molar-refractivity contribution is -0.357. The molecule has 0 amide bonds. The van der Waals surface area contributed by atoms with Gasteiger partial charge in [-0.15, -0.1) is 0 Å².